The van der Waals surface area contributed by atoms with E-state index in [-0.39, 0.29) is 22.2 Å². The fourth-order valence-corrected chi connectivity index (χ4v) is 2.18. The Morgan fingerprint density at radius 2 is 1.89 bits per heavy atom. The van der Waals surface area contributed by atoms with Crippen molar-refractivity contribution in [1.82, 2.24) is 9.97 Å². The molecule has 0 aliphatic carbocycles. The summed E-state index contributed by atoms with van der Waals surface area (Å²) in [5.41, 5.74) is 0.419. The minimum atomic E-state index is -0.358. The monoisotopic (exact) mass is 379 g/mol. The molecule has 1 amide bonds. The molecule has 0 radical (unpaired) electrons. The molecule has 0 aliphatic rings. The second kappa shape index (κ2) is 6.05. The molecule has 1 N–H and O–H groups in total. The number of halogens is 4. The van der Waals surface area contributed by atoms with Crippen molar-refractivity contribution in [3.05, 3.63) is 49.8 Å². The summed E-state index contributed by atoms with van der Waals surface area (Å²) in [6.45, 7) is 0. The first-order chi connectivity index (χ1) is 8.95. The molecule has 2 rings (SSSR count). The highest BCUT2D eigenvalue weighted by Crippen LogP contribution is 2.23. The molecule has 1 aromatic heterocycles. The van der Waals surface area contributed by atoms with Gasteiger partial charge in [-0.2, -0.15) is 0 Å². The van der Waals surface area contributed by atoms with Gasteiger partial charge in [0.05, 0.1) is 5.02 Å². The first-order valence-electron chi connectivity index (χ1n) is 4.92. The number of carbonyl (C=O) groups is 1. The van der Waals surface area contributed by atoms with Gasteiger partial charge in [-0.25, -0.2) is 9.97 Å². The summed E-state index contributed by atoms with van der Waals surface area (Å²) < 4.78 is 0.626. The van der Waals surface area contributed by atoms with Crippen LogP contribution in [0.2, 0.25) is 15.5 Å². The van der Waals surface area contributed by atoms with E-state index in [1.807, 2.05) is 0 Å². The second-order valence-electron chi connectivity index (χ2n) is 3.43. The van der Waals surface area contributed by atoms with E-state index in [2.05, 4.69) is 31.2 Å². The number of hydrogen-bond donors (Lipinski definition) is 1. The van der Waals surface area contributed by atoms with Gasteiger partial charge in [-0.05, 0) is 45.7 Å². The molecule has 0 fully saturated rings. The third-order valence-corrected chi connectivity index (χ3v) is 3.67. The summed E-state index contributed by atoms with van der Waals surface area (Å²) in [4.78, 5) is 19.5. The van der Waals surface area contributed by atoms with E-state index in [0.717, 1.165) is 0 Å². The van der Waals surface area contributed by atoms with Crippen molar-refractivity contribution in [3.63, 3.8) is 0 Å². The molecule has 8 heteroatoms. The number of aromatic nitrogens is 2. The van der Waals surface area contributed by atoms with Crippen LogP contribution in [-0.2, 0) is 0 Å². The summed E-state index contributed by atoms with van der Waals surface area (Å²) in [7, 11) is 0. The van der Waals surface area contributed by atoms with Crippen molar-refractivity contribution in [2.75, 3.05) is 5.32 Å². The van der Waals surface area contributed by atoms with Gasteiger partial charge in [0.2, 0.25) is 5.28 Å². The molecular weight excluding hydrogens is 376 g/mol. The van der Waals surface area contributed by atoms with Crippen molar-refractivity contribution in [1.29, 1.82) is 0 Å². The van der Waals surface area contributed by atoms with Crippen molar-refractivity contribution in [3.8, 4) is 0 Å². The maximum atomic E-state index is 12.0. The summed E-state index contributed by atoms with van der Waals surface area (Å²) in [5, 5.41) is 3.19. The van der Waals surface area contributed by atoms with Crippen LogP contribution in [-0.4, -0.2) is 15.9 Å². The van der Waals surface area contributed by atoms with Crippen LogP contribution in [0.4, 0.5) is 5.82 Å². The molecule has 0 saturated carbocycles. The first-order valence-corrected chi connectivity index (χ1v) is 6.85. The van der Waals surface area contributed by atoms with Gasteiger partial charge in [-0.15, -0.1) is 0 Å². The van der Waals surface area contributed by atoms with Gasteiger partial charge < -0.3 is 5.32 Å². The van der Waals surface area contributed by atoms with Crippen LogP contribution < -0.4 is 5.32 Å². The zero-order chi connectivity index (χ0) is 14.0. The van der Waals surface area contributed by atoms with Gasteiger partial charge in [-0.1, -0.05) is 23.2 Å². The van der Waals surface area contributed by atoms with Crippen molar-refractivity contribution >= 4 is 62.5 Å². The predicted molar refractivity (Wildman–Crippen MR) is 79.2 cm³/mol. The molecule has 0 spiro atoms. The third-order valence-electron chi connectivity index (χ3n) is 2.09. The quantitative estimate of drug-likeness (QED) is 0.618. The number of hydrogen-bond acceptors (Lipinski definition) is 3. The predicted octanol–water partition coefficient (Wildman–Crippen LogP) is 4.45. The van der Waals surface area contributed by atoms with Crippen LogP contribution >= 0.6 is 50.7 Å². The molecule has 0 saturated heterocycles. The van der Waals surface area contributed by atoms with Crippen molar-refractivity contribution in [2.24, 2.45) is 0 Å². The Labute approximate surface area is 132 Å². The molecule has 1 aromatic carbocycles. The minimum absolute atomic E-state index is 0.0416. The molecule has 4 nitrogen and oxygen atoms in total. The van der Waals surface area contributed by atoms with E-state index >= 15 is 0 Å². The Morgan fingerprint density at radius 3 is 2.53 bits per heavy atom. The van der Waals surface area contributed by atoms with Crippen LogP contribution in [0.3, 0.4) is 0 Å². The fourth-order valence-electron chi connectivity index (χ4n) is 1.28. The molecular formula is C11H5BrCl3N3O. The highest BCUT2D eigenvalue weighted by Gasteiger charge is 2.10. The Kier molecular flexibility index (Phi) is 4.62. The molecule has 1 heterocycles. The molecule has 19 heavy (non-hydrogen) atoms. The molecule has 0 aliphatic heterocycles. The Morgan fingerprint density at radius 1 is 1.16 bits per heavy atom. The van der Waals surface area contributed by atoms with E-state index in [1.54, 1.807) is 18.2 Å². The van der Waals surface area contributed by atoms with E-state index in [4.69, 9.17) is 34.8 Å². The molecule has 0 atom stereocenters. The Hall–Kier alpha value is -0.880. The number of amides is 1. The van der Waals surface area contributed by atoms with Crippen molar-refractivity contribution < 1.29 is 4.79 Å². The second-order valence-corrected chi connectivity index (χ2v) is 5.41. The van der Waals surface area contributed by atoms with Crippen LogP contribution in [0.25, 0.3) is 0 Å². The zero-order valence-electron chi connectivity index (χ0n) is 9.12. The third kappa shape index (κ3) is 3.79. The standard InChI is InChI=1S/C11H5BrCl3N3O/c12-6-3-5(1-2-7(6)13)10(19)17-9-4-8(14)16-11(15)18-9/h1-4H,(H,16,17,18,19). The summed E-state index contributed by atoms with van der Waals surface area (Å²) in [6, 6.07) is 6.20. The lowest BCUT2D eigenvalue weighted by Crippen LogP contribution is -2.13. The lowest BCUT2D eigenvalue weighted by Gasteiger charge is -2.06. The summed E-state index contributed by atoms with van der Waals surface area (Å²) in [5.74, 6) is -0.135. The van der Waals surface area contributed by atoms with Crippen LogP contribution in [0.15, 0.2) is 28.7 Å². The van der Waals surface area contributed by atoms with Gasteiger partial charge in [0, 0.05) is 16.1 Å². The molecule has 0 bridgehead atoms. The van der Waals surface area contributed by atoms with Gasteiger partial charge in [-0.3, -0.25) is 4.79 Å². The zero-order valence-corrected chi connectivity index (χ0v) is 13.0. The van der Waals surface area contributed by atoms with Gasteiger partial charge >= 0.3 is 0 Å². The van der Waals surface area contributed by atoms with Gasteiger partial charge in [0.1, 0.15) is 11.0 Å². The average molecular weight is 381 g/mol. The van der Waals surface area contributed by atoms with Gasteiger partial charge in [0.25, 0.3) is 5.91 Å². The fraction of sp³-hybridized carbons (Fsp3) is 0. The van der Waals surface area contributed by atoms with Crippen molar-refractivity contribution in [2.45, 2.75) is 0 Å². The van der Waals surface area contributed by atoms with E-state index < -0.39 is 0 Å². The van der Waals surface area contributed by atoms with Crippen LogP contribution in [0, 0.1) is 0 Å². The van der Waals surface area contributed by atoms with Crippen LogP contribution in [0.5, 0.6) is 0 Å². The number of anilines is 1. The number of nitrogens with zero attached hydrogens (tertiary/aromatic N) is 2. The number of carbonyl (C=O) groups excluding carboxylic acids is 1. The van der Waals surface area contributed by atoms with E-state index in [9.17, 15) is 4.79 Å². The van der Waals surface area contributed by atoms with E-state index in [1.165, 1.54) is 6.07 Å². The maximum absolute atomic E-state index is 12.0. The largest absolute Gasteiger partial charge is 0.306 e. The summed E-state index contributed by atoms with van der Waals surface area (Å²) in [6.07, 6.45) is 0. The van der Waals surface area contributed by atoms with Crippen LogP contribution in [0.1, 0.15) is 10.4 Å². The normalized spacial score (nSPS) is 10.3. The molecule has 0 unspecified atom stereocenters. The number of rotatable bonds is 2. The molecule has 2 aromatic rings. The highest BCUT2D eigenvalue weighted by molar-refractivity contribution is 9.10. The average Bonchev–Trinajstić information content (AvgIpc) is 2.31. The van der Waals surface area contributed by atoms with Gasteiger partial charge in [0.15, 0.2) is 0 Å². The maximum Gasteiger partial charge on any atom is 0.256 e. The smallest absolute Gasteiger partial charge is 0.256 e. The SMILES string of the molecule is O=C(Nc1cc(Cl)nc(Cl)n1)c1ccc(Cl)c(Br)c1. The summed E-state index contributed by atoms with van der Waals surface area (Å²) >= 11 is 20.5. The first kappa shape index (κ1) is 14.5. The Bertz CT molecular complexity index is 631. The minimum Gasteiger partial charge on any atom is -0.306 e. The lowest BCUT2D eigenvalue weighted by molar-refractivity contribution is 0.102. The topological polar surface area (TPSA) is 54.9 Å². The number of benzene rings is 1. The van der Waals surface area contributed by atoms with E-state index in [0.29, 0.717) is 15.1 Å². The highest BCUT2D eigenvalue weighted by atomic mass is 79.9. The Balaban J connectivity index is 2.22. The number of nitrogens with one attached hydrogen (secondary N) is 1. The molecule has 98 valence electrons. The lowest BCUT2D eigenvalue weighted by atomic mass is 10.2.